The molecule has 0 aliphatic rings. The van der Waals surface area contributed by atoms with Crippen LogP contribution in [-0.4, -0.2) is 29.6 Å². The molecule has 0 aliphatic carbocycles. The molecule has 130 valence electrons. The lowest BCUT2D eigenvalue weighted by molar-refractivity contribution is -0.141. The average Bonchev–Trinajstić information content (AvgIpc) is 3.27. The van der Waals surface area contributed by atoms with Crippen LogP contribution in [0.2, 0.25) is 5.02 Å². The van der Waals surface area contributed by atoms with Gasteiger partial charge in [-0.05, 0) is 18.4 Å². The van der Waals surface area contributed by atoms with Gasteiger partial charge in [0.1, 0.15) is 5.01 Å². The van der Waals surface area contributed by atoms with E-state index in [9.17, 15) is 13.2 Å². The minimum absolute atomic E-state index is 0.0690. The third-order valence-corrected chi connectivity index (χ3v) is 5.66. The van der Waals surface area contributed by atoms with Gasteiger partial charge in [-0.25, -0.2) is 0 Å². The molecule has 0 bridgehead atoms. The first-order valence-electron chi connectivity index (χ1n) is 6.89. The number of halogens is 4. The molecule has 0 saturated carbocycles. The van der Waals surface area contributed by atoms with E-state index in [1.807, 2.05) is 17.5 Å². The van der Waals surface area contributed by atoms with Crippen LogP contribution >= 0.6 is 34.3 Å². The molecule has 6 nitrogen and oxygen atoms in total. The highest BCUT2D eigenvalue weighted by molar-refractivity contribution is 7.16. The molecule has 4 heterocycles. The van der Waals surface area contributed by atoms with E-state index in [1.54, 1.807) is 4.52 Å². The molecule has 0 saturated heterocycles. The molecule has 12 heteroatoms. The first-order chi connectivity index (χ1) is 11.8. The van der Waals surface area contributed by atoms with Crippen molar-refractivity contribution in [3.63, 3.8) is 0 Å². The largest absolute Gasteiger partial charge is 0.436 e. The number of aromatic nitrogens is 6. The van der Waals surface area contributed by atoms with Gasteiger partial charge in [0.2, 0.25) is 4.96 Å². The number of thiophene rings is 1. The highest BCUT2D eigenvalue weighted by Crippen LogP contribution is 2.35. The highest BCUT2D eigenvalue weighted by Gasteiger charge is 2.38. The number of hydrogen-bond donors (Lipinski definition) is 0. The minimum atomic E-state index is -4.60. The maximum Gasteiger partial charge on any atom is 0.436 e. The van der Waals surface area contributed by atoms with E-state index in [4.69, 9.17) is 11.6 Å². The standard InChI is InChI=1S/C13H8ClF3N6S2/c1-6-9(14)10(13(15,16)17)21-22(6)5-8-20-23-11(7-3-2-4-24-7)18-19-12(23)25-8/h2-4H,5H2,1H3. The molecule has 0 aromatic carbocycles. The van der Waals surface area contributed by atoms with Crippen molar-refractivity contribution < 1.29 is 13.2 Å². The Labute approximate surface area is 151 Å². The SMILES string of the molecule is Cc1c(Cl)c(C(F)(F)F)nn1Cc1nn2c(-c3cccs3)nnc2s1. The summed E-state index contributed by atoms with van der Waals surface area (Å²) in [5, 5.41) is 18.2. The molecule has 4 aromatic rings. The summed E-state index contributed by atoms with van der Waals surface area (Å²) >= 11 is 8.51. The van der Waals surface area contributed by atoms with Gasteiger partial charge in [0, 0.05) is 0 Å². The van der Waals surface area contributed by atoms with Crippen molar-refractivity contribution in [1.82, 2.24) is 29.6 Å². The second-order valence-corrected chi connectivity index (χ2v) is 7.46. The average molecular weight is 405 g/mol. The van der Waals surface area contributed by atoms with Crippen molar-refractivity contribution in [2.75, 3.05) is 0 Å². The summed E-state index contributed by atoms with van der Waals surface area (Å²) in [7, 11) is 0. The molecule has 0 radical (unpaired) electrons. The van der Waals surface area contributed by atoms with Crippen molar-refractivity contribution in [2.45, 2.75) is 19.6 Å². The fourth-order valence-electron chi connectivity index (χ4n) is 2.27. The number of fused-ring (bicyclic) bond motifs is 1. The van der Waals surface area contributed by atoms with Gasteiger partial charge in [-0.3, -0.25) is 4.68 Å². The van der Waals surface area contributed by atoms with Crippen LogP contribution in [0.3, 0.4) is 0 Å². The summed E-state index contributed by atoms with van der Waals surface area (Å²) in [5.41, 5.74) is -0.854. The molecule has 0 atom stereocenters. The van der Waals surface area contributed by atoms with Crippen LogP contribution in [0.15, 0.2) is 17.5 Å². The summed E-state index contributed by atoms with van der Waals surface area (Å²) in [6.07, 6.45) is -4.60. The van der Waals surface area contributed by atoms with E-state index >= 15 is 0 Å². The van der Waals surface area contributed by atoms with Crippen molar-refractivity contribution in [2.24, 2.45) is 0 Å². The lowest BCUT2D eigenvalue weighted by Crippen LogP contribution is -2.09. The quantitative estimate of drug-likeness (QED) is 0.515. The molecule has 0 fully saturated rings. The molecule has 0 N–H and O–H groups in total. The van der Waals surface area contributed by atoms with Crippen molar-refractivity contribution >= 4 is 39.2 Å². The molecule has 0 spiro atoms. The molecule has 4 rings (SSSR count). The maximum atomic E-state index is 12.9. The van der Waals surface area contributed by atoms with E-state index in [0.29, 0.717) is 15.8 Å². The first-order valence-corrected chi connectivity index (χ1v) is 8.97. The normalized spacial score (nSPS) is 12.4. The zero-order valence-electron chi connectivity index (χ0n) is 12.5. The van der Waals surface area contributed by atoms with Crippen LogP contribution in [0.5, 0.6) is 0 Å². The summed E-state index contributed by atoms with van der Waals surface area (Å²) in [4.78, 5) is 1.47. The molecule has 0 amide bonds. The third-order valence-electron chi connectivity index (χ3n) is 3.46. The molecule has 0 aliphatic heterocycles. The maximum absolute atomic E-state index is 12.9. The minimum Gasteiger partial charge on any atom is -0.261 e. The topological polar surface area (TPSA) is 60.9 Å². The van der Waals surface area contributed by atoms with Gasteiger partial charge in [-0.1, -0.05) is 29.0 Å². The van der Waals surface area contributed by atoms with Crippen molar-refractivity contribution in [3.8, 4) is 10.7 Å². The van der Waals surface area contributed by atoms with Crippen molar-refractivity contribution in [3.05, 3.63) is 38.9 Å². The van der Waals surface area contributed by atoms with E-state index in [2.05, 4.69) is 20.4 Å². The molecule has 25 heavy (non-hydrogen) atoms. The summed E-state index contributed by atoms with van der Waals surface area (Å²) < 4.78 is 41.5. The van der Waals surface area contributed by atoms with E-state index < -0.39 is 16.9 Å². The zero-order valence-corrected chi connectivity index (χ0v) is 14.8. The van der Waals surface area contributed by atoms with Crippen molar-refractivity contribution in [1.29, 1.82) is 0 Å². The first kappa shape index (κ1) is 16.5. The van der Waals surface area contributed by atoms with Crippen LogP contribution in [0.25, 0.3) is 15.7 Å². The molecule has 0 unspecified atom stereocenters. The van der Waals surface area contributed by atoms with Gasteiger partial charge in [-0.15, -0.1) is 21.5 Å². The fraction of sp³-hybridized carbons (Fsp3) is 0.231. The summed E-state index contributed by atoms with van der Waals surface area (Å²) in [6.45, 7) is 1.56. The number of nitrogens with zero attached hydrogens (tertiary/aromatic N) is 6. The second-order valence-electron chi connectivity index (χ2n) is 5.09. The van der Waals surface area contributed by atoms with Crippen LogP contribution in [0.4, 0.5) is 13.2 Å². The van der Waals surface area contributed by atoms with Gasteiger partial charge in [0.15, 0.2) is 11.5 Å². The van der Waals surface area contributed by atoms with Crippen LogP contribution in [0.1, 0.15) is 16.4 Å². The van der Waals surface area contributed by atoms with E-state index in [-0.39, 0.29) is 12.2 Å². The molecular weight excluding hydrogens is 397 g/mol. The van der Waals surface area contributed by atoms with Crippen LogP contribution in [0, 0.1) is 6.92 Å². The Morgan fingerprint density at radius 2 is 2.04 bits per heavy atom. The Kier molecular flexibility index (Phi) is 3.81. The van der Waals surface area contributed by atoms with E-state index in [0.717, 1.165) is 4.88 Å². The monoisotopic (exact) mass is 404 g/mol. The Hall–Kier alpha value is -1.98. The Balaban J connectivity index is 1.70. The smallest absolute Gasteiger partial charge is 0.261 e. The number of alkyl halides is 3. The van der Waals surface area contributed by atoms with Gasteiger partial charge in [0.05, 0.1) is 22.1 Å². The van der Waals surface area contributed by atoms with Crippen LogP contribution in [-0.2, 0) is 12.7 Å². The predicted octanol–water partition coefficient (Wildman–Crippen LogP) is 4.14. The Bertz CT molecular complexity index is 1050. The number of hydrogen-bond acceptors (Lipinski definition) is 6. The van der Waals surface area contributed by atoms with E-state index in [1.165, 1.54) is 34.3 Å². The lowest BCUT2D eigenvalue weighted by Gasteiger charge is -2.01. The molecule has 4 aromatic heterocycles. The lowest BCUT2D eigenvalue weighted by atomic mass is 10.3. The second kappa shape index (κ2) is 5.78. The highest BCUT2D eigenvalue weighted by atomic mass is 35.5. The van der Waals surface area contributed by atoms with Crippen LogP contribution < -0.4 is 0 Å². The third kappa shape index (κ3) is 2.81. The Morgan fingerprint density at radius 1 is 1.24 bits per heavy atom. The van der Waals surface area contributed by atoms with Gasteiger partial charge < -0.3 is 0 Å². The summed E-state index contributed by atoms with van der Waals surface area (Å²) in [6, 6.07) is 3.79. The fourth-order valence-corrected chi connectivity index (χ4v) is 4.02. The zero-order chi connectivity index (χ0) is 17.8. The van der Waals surface area contributed by atoms with Gasteiger partial charge in [-0.2, -0.15) is 27.9 Å². The van der Waals surface area contributed by atoms with Gasteiger partial charge >= 0.3 is 6.18 Å². The summed E-state index contributed by atoms with van der Waals surface area (Å²) in [5.74, 6) is 0.596. The molecular formula is C13H8ClF3N6S2. The Morgan fingerprint density at radius 3 is 2.68 bits per heavy atom. The number of rotatable bonds is 3. The predicted molar refractivity (Wildman–Crippen MR) is 88.1 cm³/mol. The van der Waals surface area contributed by atoms with Gasteiger partial charge in [0.25, 0.3) is 0 Å².